The predicted octanol–water partition coefficient (Wildman–Crippen LogP) is 2.95. The Bertz CT molecular complexity index is 178. The van der Waals surface area contributed by atoms with E-state index in [1.54, 1.807) is 6.92 Å². The standard InChI is InChI=1S/C11H22ClNO/c1-5-6-7-11(3,4)8-13-10(14)9(2)12/h9H,5-8H2,1-4H3,(H,13,14)/t9-/m1/s1. The van der Waals surface area contributed by atoms with Crippen LogP contribution in [-0.4, -0.2) is 17.8 Å². The van der Waals surface area contributed by atoms with E-state index in [1.165, 1.54) is 12.8 Å². The Labute approximate surface area is 92.4 Å². The van der Waals surface area contributed by atoms with Crippen molar-refractivity contribution in [2.24, 2.45) is 5.41 Å². The smallest absolute Gasteiger partial charge is 0.237 e. The van der Waals surface area contributed by atoms with E-state index in [2.05, 4.69) is 26.1 Å². The van der Waals surface area contributed by atoms with Gasteiger partial charge in [0.2, 0.25) is 5.91 Å². The Morgan fingerprint density at radius 2 is 2.07 bits per heavy atom. The first-order valence-electron chi connectivity index (χ1n) is 5.31. The molecule has 0 bridgehead atoms. The summed E-state index contributed by atoms with van der Waals surface area (Å²) in [6.07, 6.45) is 3.54. The molecule has 0 fully saturated rings. The molecule has 2 nitrogen and oxygen atoms in total. The number of halogens is 1. The second-order valence-corrected chi connectivity index (χ2v) is 5.26. The number of carbonyl (C=O) groups excluding carboxylic acids is 1. The maximum atomic E-state index is 11.2. The Kier molecular flexibility index (Phi) is 6.17. The SMILES string of the molecule is CCCCC(C)(C)CNC(=O)[C@@H](C)Cl. The fraction of sp³-hybridized carbons (Fsp3) is 0.909. The van der Waals surface area contributed by atoms with Crippen LogP contribution >= 0.6 is 11.6 Å². The van der Waals surface area contributed by atoms with E-state index in [0.717, 1.165) is 6.42 Å². The summed E-state index contributed by atoms with van der Waals surface area (Å²) in [4.78, 5) is 11.2. The third-order valence-electron chi connectivity index (χ3n) is 2.31. The van der Waals surface area contributed by atoms with Crippen molar-refractivity contribution < 1.29 is 4.79 Å². The molecule has 0 heterocycles. The molecular formula is C11H22ClNO. The van der Waals surface area contributed by atoms with Crippen molar-refractivity contribution in [3.05, 3.63) is 0 Å². The van der Waals surface area contributed by atoms with Gasteiger partial charge in [0, 0.05) is 6.54 Å². The molecule has 0 aromatic rings. The van der Waals surface area contributed by atoms with Gasteiger partial charge in [-0.1, -0.05) is 33.6 Å². The van der Waals surface area contributed by atoms with Crippen LogP contribution in [0.2, 0.25) is 0 Å². The van der Waals surface area contributed by atoms with Gasteiger partial charge < -0.3 is 5.32 Å². The summed E-state index contributed by atoms with van der Waals surface area (Å²) in [5, 5.41) is 2.43. The Morgan fingerprint density at radius 3 is 2.50 bits per heavy atom. The number of hydrogen-bond donors (Lipinski definition) is 1. The molecule has 0 aliphatic heterocycles. The van der Waals surface area contributed by atoms with E-state index >= 15 is 0 Å². The van der Waals surface area contributed by atoms with Crippen LogP contribution in [-0.2, 0) is 4.79 Å². The number of carbonyl (C=O) groups is 1. The number of hydrogen-bond acceptors (Lipinski definition) is 1. The molecule has 1 N–H and O–H groups in total. The Morgan fingerprint density at radius 1 is 1.50 bits per heavy atom. The predicted molar refractivity (Wildman–Crippen MR) is 61.6 cm³/mol. The van der Waals surface area contributed by atoms with Crippen LogP contribution in [0.5, 0.6) is 0 Å². The lowest BCUT2D eigenvalue weighted by Gasteiger charge is -2.25. The zero-order valence-corrected chi connectivity index (χ0v) is 10.4. The van der Waals surface area contributed by atoms with Crippen molar-refractivity contribution in [3.63, 3.8) is 0 Å². The van der Waals surface area contributed by atoms with Crippen LogP contribution in [0.3, 0.4) is 0 Å². The normalized spacial score (nSPS) is 13.8. The van der Waals surface area contributed by atoms with Crippen LogP contribution in [0, 0.1) is 5.41 Å². The molecule has 1 amide bonds. The summed E-state index contributed by atoms with van der Waals surface area (Å²) in [6.45, 7) is 8.91. The van der Waals surface area contributed by atoms with Gasteiger partial charge in [0.15, 0.2) is 0 Å². The molecule has 0 aliphatic carbocycles. The number of alkyl halides is 1. The summed E-state index contributed by atoms with van der Waals surface area (Å²) >= 11 is 5.65. The lowest BCUT2D eigenvalue weighted by atomic mass is 9.87. The van der Waals surface area contributed by atoms with Gasteiger partial charge in [-0.15, -0.1) is 11.6 Å². The Balaban J connectivity index is 3.80. The largest absolute Gasteiger partial charge is 0.354 e. The molecule has 0 spiro atoms. The number of nitrogens with one attached hydrogen (secondary N) is 1. The van der Waals surface area contributed by atoms with Gasteiger partial charge in [-0.3, -0.25) is 4.79 Å². The van der Waals surface area contributed by atoms with E-state index in [-0.39, 0.29) is 11.3 Å². The van der Waals surface area contributed by atoms with Gasteiger partial charge in [-0.2, -0.15) is 0 Å². The molecule has 0 unspecified atom stereocenters. The second kappa shape index (κ2) is 6.28. The van der Waals surface area contributed by atoms with E-state index in [9.17, 15) is 4.79 Å². The second-order valence-electron chi connectivity index (χ2n) is 4.60. The fourth-order valence-corrected chi connectivity index (χ4v) is 1.29. The fourth-order valence-electron chi connectivity index (χ4n) is 1.21. The summed E-state index contributed by atoms with van der Waals surface area (Å²) in [5.74, 6) is -0.0729. The number of rotatable bonds is 6. The minimum absolute atomic E-state index is 0.0729. The highest BCUT2D eigenvalue weighted by atomic mass is 35.5. The zero-order valence-electron chi connectivity index (χ0n) is 9.69. The minimum atomic E-state index is -0.433. The molecule has 3 heteroatoms. The van der Waals surface area contributed by atoms with Crippen LogP contribution in [0.1, 0.15) is 47.0 Å². The maximum absolute atomic E-state index is 11.2. The molecule has 14 heavy (non-hydrogen) atoms. The zero-order chi connectivity index (χ0) is 11.2. The highest BCUT2D eigenvalue weighted by Gasteiger charge is 2.19. The first kappa shape index (κ1) is 13.8. The lowest BCUT2D eigenvalue weighted by molar-refractivity contribution is -0.120. The third-order valence-corrected chi connectivity index (χ3v) is 2.51. The molecule has 0 aliphatic rings. The summed E-state index contributed by atoms with van der Waals surface area (Å²) in [5.41, 5.74) is 0.178. The lowest BCUT2D eigenvalue weighted by Crippen LogP contribution is -2.37. The molecule has 0 saturated heterocycles. The molecule has 0 rings (SSSR count). The van der Waals surface area contributed by atoms with Crippen molar-refractivity contribution in [2.75, 3.05) is 6.54 Å². The highest BCUT2D eigenvalue weighted by Crippen LogP contribution is 2.21. The van der Waals surface area contributed by atoms with Gasteiger partial charge in [-0.05, 0) is 18.8 Å². The molecule has 1 atom stereocenters. The maximum Gasteiger partial charge on any atom is 0.237 e. The van der Waals surface area contributed by atoms with Crippen molar-refractivity contribution >= 4 is 17.5 Å². The number of unbranched alkanes of at least 4 members (excludes halogenated alkanes) is 1. The van der Waals surface area contributed by atoms with Crippen LogP contribution in [0.4, 0.5) is 0 Å². The van der Waals surface area contributed by atoms with E-state index in [0.29, 0.717) is 6.54 Å². The van der Waals surface area contributed by atoms with Crippen molar-refractivity contribution in [1.82, 2.24) is 5.32 Å². The molecule has 0 aromatic heterocycles. The molecular weight excluding hydrogens is 198 g/mol. The summed E-state index contributed by atoms with van der Waals surface area (Å²) in [7, 11) is 0. The van der Waals surface area contributed by atoms with Gasteiger partial charge in [0.1, 0.15) is 5.38 Å². The van der Waals surface area contributed by atoms with Gasteiger partial charge >= 0.3 is 0 Å². The number of amides is 1. The van der Waals surface area contributed by atoms with Gasteiger partial charge in [0.25, 0.3) is 0 Å². The molecule has 0 saturated carbocycles. The highest BCUT2D eigenvalue weighted by molar-refractivity contribution is 6.30. The van der Waals surface area contributed by atoms with Crippen molar-refractivity contribution in [3.8, 4) is 0 Å². The molecule has 0 aromatic carbocycles. The van der Waals surface area contributed by atoms with Crippen molar-refractivity contribution in [1.29, 1.82) is 0 Å². The summed E-state index contributed by atoms with van der Waals surface area (Å²) < 4.78 is 0. The van der Waals surface area contributed by atoms with E-state index < -0.39 is 5.38 Å². The van der Waals surface area contributed by atoms with Gasteiger partial charge in [0.05, 0.1) is 0 Å². The van der Waals surface area contributed by atoms with E-state index in [4.69, 9.17) is 11.6 Å². The minimum Gasteiger partial charge on any atom is -0.354 e. The monoisotopic (exact) mass is 219 g/mol. The Hall–Kier alpha value is -0.240. The average molecular weight is 220 g/mol. The third kappa shape index (κ3) is 6.25. The molecule has 84 valence electrons. The average Bonchev–Trinajstić information content (AvgIpc) is 2.11. The topological polar surface area (TPSA) is 29.1 Å². The summed E-state index contributed by atoms with van der Waals surface area (Å²) in [6, 6.07) is 0. The van der Waals surface area contributed by atoms with Crippen molar-refractivity contribution in [2.45, 2.75) is 52.3 Å². The van der Waals surface area contributed by atoms with E-state index in [1.807, 2.05) is 0 Å². The van der Waals surface area contributed by atoms with Gasteiger partial charge in [-0.25, -0.2) is 0 Å². The quantitative estimate of drug-likeness (QED) is 0.684. The molecule has 0 radical (unpaired) electrons. The van der Waals surface area contributed by atoms with Crippen LogP contribution < -0.4 is 5.32 Å². The van der Waals surface area contributed by atoms with Crippen LogP contribution in [0.15, 0.2) is 0 Å². The first-order valence-corrected chi connectivity index (χ1v) is 5.74. The first-order chi connectivity index (χ1) is 6.39. The van der Waals surface area contributed by atoms with Crippen LogP contribution in [0.25, 0.3) is 0 Å².